The fourth-order valence-corrected chi connectivity index (χ4v) is 1.72. The summed E-state index contributed by atoms with van der Waals surface area (Å²) in [5.41, 5.74) is 0.0935. The first-order valence-electron chi connectivity index (χ1n) is 6.22. The van der Waals surface area contributed by atoms with Gasteiger partial charge in [-0.25, -0.2) is 4.39 Å². The van der Waals surface area contributed by atoms with E-state index in [1.54, 1.807) is 31.3 Å². The van der Waals surface area contributed by atoms with Gasteiger partial charge in [0.1, 0.15) is 5.82 Å². The summed E-state index contributed by atoms with van der Waals surface area (Å²) < 4.78 is 23.5. The molecule has 0 aromatic heterocycles. The van der Waals surface area contributed by atoms with Crippen molar-refractivity contribution in [1.82, 2.24) is 4.90 Å². The third kappa shape index (κ3) is 4.96. The monoisotopic (exact) mass is 269 g/mol. The lowest BCUT2D eigenvalue weighted by Crippen LogP contribution is -2.35. The summed E-state index contributed by atoms with van der Waals surface area (Å²) in [6.07, 6.45) is 0.709. The number of hydrogen-bond acceptors (Lipinski definition) is 3. The molecular formula is C14H20FNO3. The minimum Gasteiger partial charge on any atom is -0.385 e. The van der Waals surface area contributed by atoms with Gasteiger partial charge < -0.3 is 14.4 Å². The van der Waals surface area contributed by atoms with Gasteiger partial charge in [0.05, 0.1) is 12.2 Å². The number of halogens is 1. The molecule has 1 amide bonds. The Morgan fingerprint density at radius 1 is 1.16 bits per heavy atom. The Morgan fingerprint density at radius 2 is 1.84 bits per heavy atom. The maximum absolute atomic E-state index is 13.6. The number of carbonyl (C=O) groups excluding carboxylic acids is 1. The number of rotatable bonds is 8. The maximum Gasteiger partial charge on any atom is 0.256 e. The van der Waals surface area contributed by atoms with E-state index in [0.717, 1.165) is 0 Å². The average Bonchev–Trinajstić information content (AvgIpc) is 2.42. The predicted octanol–water partition coefficient (Wildman–Crippen LogP) is 1.95. The van der Waals surface area contributed by atoms with Gasteiger partial charge in [-0.3, -0.25) is 4.79 Å². The van der Waals surface area contributed by atoms with E-state index in [9.17, 15) is 9.18 Å². The molecule has 0 aliphatic heterocycles. The van der Waals surface area contributed by atoms with Gasteiger partial charge in [-0.2, -0.15) is 0 Å². The van der Waals surface area contributed by atoms with Crippen LogP contribution in [0, 0.1) is 5.82 Å². The second kappa shape index (κ2) is 8.61. The molecule has 4 nitrogen and oxygen atoms in total. The van der Waals surface area contributed by atoms with Crippen LogP contribution in [0.1, 0.15) is 16.8 Å². The third-order valence-electron chi connectivity index (χ3n) is 2.73. The van der Waals surface area contributed by atoms with Gasteiger partial charge in [-0.15, -0.1) is 0 Å². The molecule has 0 saturated heterocycles. The zero-order valence-corrected chi connectivity index (χ0v) is 11.4. The number of hydrogen-bond donors (Lipinski definition) is 0. The van der Waals surface area contributed by atoms with Crippen molar-refractivity contribution in [2.75, 3.05) is 40.5 Å². The maximum atomic E-state index is 13.6. The van der Waals surface area contributed by atoms with Gasteiger partial charge in [0.25, 0.3) is 5.91 Å². The molecule has 106 valence electrons. The number of benzene rings is 1. The van der Waals surface area contributed by atoms with Crippen molar-refractivity contribution in [1.29, 1.82) is 0 Å². The van der Waals surface area contributed by atoms with Crippen molar-refractivity contribution in [3.63, 3.8) is 0 Å². The standard InChI is InChI=1S/C14H20FNO3/c1-18-10-5-8-16(9-11-19-2)14(17)12-6-3-4-7-13(12)15/h3-4,6-7H,5,8-11H2,1-2H3. The SMILES string of the molecule is COCCCN(CCOC)C(=O)c1ccccc1F. The normalized spacial score (nSPS) is 10.5. The van der Waals surface area contributed by atoms with Gasteiger partial charge in [0.2, 0.25) is 0 Å². The van der Waals surface area contributed by atoms with E-state index in [-0.39, 0.29) is 11.5 Å². The summed E-state index contributed by atoms with van der Waals surface area (Å²) in [6.45, 7) is 1.94. The van der Waals surface area contributed by atoms with Crippen molar-refractivity contribution >= 4 is 5.91 Å². The molecule has 0 bridgehead atoms. The molecule has 0 unspecified atom stereocenters. The summed E-state index contributed by atoms with van der Waals surface area (Å²) in [6, 6.07) is 6.00. The summed E-state index contributed by atoms with van der Waals surface area (Å²) in [4.78, 5) is 13.8. The number of amides is 1. The van der Waals surface area contributed by atoms with E-state index in [4.69, 9.17) is 9.47 Å². The van der Waals surface area contributed by atoms with E-state index < -0.39 is 5.82 Å². The van der Waals surface area contributed by atoms with Gasteiger partial charge >= 0.3 is 0 Å². The average molecular weight is 269 g/mol. The number of ether oxygens (including phenoxy) is 2. The fraction of sp³-hybridized carbons (Fsp3) is 0.500. The first kappa shape index (κ1) is 15.6. The Morgan fingerprint density at radius 3 is 2.47 bits per heavy atom. The van der Waals surface area contributed by atoms with Crippen LogP contribution in [0.25, 0.3) is 0 Å². The third-order valence-corrected chi connectivity index (χ3v) is 2.73. The lowest BCUT2D eigenvalue weighted by molar-refractivity contribution is 0.0669. The molecule has 0 radical (unpaired) electrons. The van der Waals surface area contributed by atoms with Gasteiger partial charge in [-0.05, 0) is 18.6 Å². The van der Waals surface area contributed by atoms with Crippen LogP contribution in [0.5, 0.6) is 0 Å². The molecule has 0 atom stereocenters. The molecule has 1 aromatic carbocycles. The highest BCUT2D eigenvalue weighted by molar-refractivity contribution is 5.94. The van der Waals surface area contributed by atoms with Crippen molar-refractivity contribution in [2.24, 2.45) is 0 Å². The van der Waals surface area contributed by atoms with Crippen molar-refractivity contribution < 1.29 is 18.7 Å². The van der Waals surface area contributed by atoms with E-state index in [1.165, 1.54) is 12.1 Å². The molecule has 0 aliphatic rings. The van der Waals surface area contributed by atoms with Gasteiger partial charge in [0, 0.05) is 33.9 Å². The smallest absolute Gasteiger partial charge is 0.256 e. The van der Waals surface area contributed by atoms with Crippen LogP contribution in [0.15, 0.2) is 24.3 Å². The Kier molecular flexibility index (Phi) is 7.07. The summed E-state index contributed by atoms with van der Waals surface area (Å²) in [7, 11) is 3.18. The molecule has 0 N–H and O–H groups in total. The molecule has 19 heavy (non-hydrogen) atoms. The Hall–Kier alpha value is -1.46. The Balaban J connectivity index is 2.72. The molecule has 0 aliphatic carbocycles. The molecule has 0 spiro atoms. The van der Waals surface area contributed by atoms with Gasteiger partial charge in [-0.1, -0.05) is 12.1 Å². The highest BCUT2D eigenvalue weighted by Crippen LogP contribution is 2.10. The molecular weight excluding hydrogens is 249 g/mol. The predicted molar refractivity (Wildman–Crippen MR) is 70.7 cm³/mol. The summed E-state index contributed by atoms with van der Waals surface area (Å²) >= 11 is 0. The quantitative estimate of drug-likeness (QED) is 0.677. The van der Waals surface area contributed by atoms with Crippen molar-refractivity contribution in [3.05, 3.63) is 35.6 Å². The molecule has 1 rings (SSSR count). The number of nitrogens with zero attached hydrogens (tertiary/aromatic N) is 1. The second-order valence-corrected chi connectivity index (χ2v) is 4.11. The van der Waals surface area contributed by atoms with Crippen molar-refractivity contribution in [2.45, 2.75) is 6.42 Å². The fourth-order valence-electron chi connectivity index (χ4n) is 1.72. The van der Waals surface area contributed by atoms with E-state index in [1.807, 2.05) is 0 Å². The summed E-state index contributed by atoms with van der Waals surface area (Å²) in [5.74, 6) is -0.812. The lowest BCUT2D eigenvalue weighted by Gasteiger charge is -2.22. The highest BCUT2D eigenvalue weighted by atomic mass is 19.1. The Bertz CT molecular complexity index is 398. The first-order chi connectivity index (χ1) is 9.20. The molecule has 0 heterocycles. The van der Waals surface area contributed by atoms with Crippen LogP contribution in [0.3, 0.4) is 0 Å². The minimum absolute atomic E-state index is 0.0935. The second-order valence-electron chi connectivity index (χ2n) is 4.11. The highest BCUT2D eigenvalue weighted by Gasteiger charge is 2.18. The van der Waals surface area contributed by atoms with Crippen LogP contribution in [0.4, 0.5) is 4.39 Å². The largest absolute Gasteiger partial charge is 0.385 e. The molecule has 0 fully saturated rings. The van der Waals surface area contributed by atoms with Crippen molar-refractivity contribution in [3.8, 4) is 0 Å². The lowest BCUT2D eigenvalue weighted by atomic mass is 10.2. The van der Waals surface area contributed by atoms with E-state index in [2.05, 4.69) is 0 Å². The van der Waals surface area contributed by atoms with Crippen LogP contribution in [0.2, 0.25) is 0 Å². The van der Waals surface area contributed by atoms with E-state index in [0.29, 0.717) is 32.7 Å². The molecule has 1 aromatic rings. The zero-order chi connectivity index (χ0) is 14.1. The van der Waals surface area contributed by atoms with E-state index >= 15 is 0 Å². The van der Waals surface area contributed by atoms with Crippen LogP contribution in [-0.2, 0) is 9.47 Å². The minimum atomic E-state index is -0.498. The summed E-state index contributed by atoms with van der Waals surface area (Å²) in [5, 5.41) is 0. The van der Waals surface area contributed by atoms with Gasteiger partial charge in [0.15, 0.2) is 0 Å². The van der Waals surface area contributed by atoms with Crippen LogP contribution >= 0.6 is 0 Å². The first-order valence-corrected chi connectivity index (χ1v) is 6.22. The number of methoxy groups -OCH3 is 2. The van der Waals surface area contributed by atoms with Crippen LogP contribution < -0.4 is 0 Å². The zero-order valence-electron chi connectivity index (χ0n) is 11.4. The topological polar surface area (TPSA) is 38.8 Å². The number of carbonyl (C=O) groups is 1. The Labute approximate surface area is 113 Å². The molecule has 0 saturated carbocycles. The van der Waals surface area contributed by atoms with Crippen LogP contribution in [-0.4, -0.2) is 51.3 Å². The molecule has 5 heteroatoms.